The molecule has 0 unspecified atom stereocenters. The highest BCUT2D eigenvalue weighted by molar-refractivity contribution is 5.97. The first-order valence-corrected chi connectivity index (χ1v) is 8.23. The molecule has 0 aliphatic carbocycles. The minimum absolute atomic E-state index is 0.147. The molecular weight excluding hydrogens is 330 g/mol. The van der Waals surface area contributed by atoms with Crippen LogP contribution in [0.15, 0.2) is 61.2 Å². The van der Waals surface area contributed by atoms with Crippen molar-refractivity contribution >= 4 is 5.91 Å². The second-order valence-electron chi connectivity index (χ2n) is 5.82. The molecule has 1 atom stereocenters. The lowest BCUT2D eigenvalue weighted by Gasteiger charge is -2.16. The Kier molecular flexibility index (Phi) is 5.22. The van der Waals surface area contributed by atoms with E-state index in [9.17, 15) is 4.79 Å². The van der Waals surface area contributed by atoms with Crippen LogP contribution in [0.1, 0.15) is 28.9 Å². The van der Waals surface area contributed by atoms with Gasteiger partial charge >= 0.3 is 0 Å². The Morgan fingerprint density at radius 1 is 1.12 bits per heavy atom. The summed E-state index contributed by atoms with van der Waals surface area (Å²) in [5.74, 6) is 0.918. The third kappa shape index (κ3) is 3.69. The van der Waals surface area contributed by atoms with E-state index in [1.54, 1.807) is 37.8 Å². The second-order valence-corrected chi connectivity index (χ2v) is 5.82. The van der Waals surface area contributed by atoms with Crippen molar-refractivity contribution < 1.29 is 14.3 Å². The fourth-order valence-electron chi connectivity index (χ4n) is 2.69. The van der Waals surface area contributed by atoms with Crippen LogP contribution in [0.4, 0.5) is 0 Å². The van der Waals surface area contributed by atoms with E-state index in [1.807, 2.05) is 42.0 Å². The predicted molar refractivity (Wildman–Crippen MR) is 99.0 cm³/mol. The molecule has 6 heteroatoms. The van der Waals surface area contributed by atoms with Crippen molar-refractivity contribution in [1.29, 1.82) is 0 Å². The van der Waals surface area contributed by atoms with Gasteiger partial charge in [0.05, 0.1) is 32.2 Å². The summed E-state index contributed by atoms with van der Waals surface area (Å²) in [7, 11) is 3.11. The summed E-state index contributed by atoms with van der Waals surface area (Å²) >= 11 is 0. The Hall–Kier alpha value is -3.28. The number of rotatable bonds is 6. The van der Waals surface area contributed by atoms with Crippen LogP contribution >= 0.6 is 0 Å². The van der Waals surface area contributed by atoms with Crippen molar-refractivity contribution in [3.8, 4) is 17.2 Å². The van der Waals surface area contributed by atoms with Crippen LogP contribution in [0.2, 0.25) is 0 Å². The fraction of sp³-hybridized carbons (Fsp3) is 0.200. The van der Waals surface area contributed by atoms with Gasteiger partial charge in [0.25, 0.3) is 5.91 Å². The lowest BCUT2D eigenvalue weighted by atomic mass is 10.1. The first kappa shape index (κ1) is 17.5. The Morgan fingerprint density at radius 3 is 2.50 bits per heavy atom. The Labute approximate surface area is 152 Å². The van der Waals surface area contributed by atoms with Crippen LogP contribution in [0, 0.1) is 0 Å². The molecule has 0 radical (unpaired) electrons. The van der Waals surface area contributed by atoms with Gasteiger partial charge in [0.1, 0.15) is 11.5 Å². The standard InChI is InChI=1S/C20H21N3O3/c1-14(15-4-6-16(7-5-15)23-11-10-21-13-23)22-20(24)18-9-8-17(25-2)12-19(18)26-3/h4-14H,1-3H3,(H,22,24)/t14-/m1/s1. The van der Waals surface area contributed by atoms with Crippen LogP contribution in [-0.4, -0.2) is 29.7 Å². The number of aromatic nitrogens is 2. The summed E-state index contributed by atoms with van der Waals surface area (Å²) in [5, 5.41) is 3.00. The van der Waals surface area contributed by atoms with Crippen molar-refractivity contribution in [2.75, 3.05) is 14.2 Å². The maximum atomic E-state index is 12.6. The van der Waals surface area contributed by atoms with E-state index in [2.05, 4.69) is 10.3 Å². The smallest absolute Gasteiger partial charge is 0.255 e. The van der Waals surface area contributed by atoms with E-state index in [-0.39, 0.29) is 11.9 Å². The number of benzene rings is 2. The molecule has 1 amide bonds. The van der Waals surface area contributed by atoms with Crippen molar-refractivity contribution in [3.05, 3.63) is 72.3 Å². The van der Waals surface area contributed by atoms with Crippen molar-refractivity contribution in [3.63, 3.8) is 0 Å². The van der Waals surface area contributed by atoms with Gasteiger partial charge in [-0.1, -0.05) is 12.1 Å². The molecule has 0 spiro atoms. The normalized spacial score (nSPS) is 11.7. The van der Waals surface area contributed by atoms with Crippen LogP contribution in [0.3, 0.4) is 0 Å². The highest BCUT2D eigenvalue weighted by Crippen LogP contribution is 2.25. The lowest BCUT2D eigenvalue weighted by molar-refractivity contribution is 0.0937. The van der Waals surface area contributed by atoms with Crippen LogP contribution < -0.4 is 14.8 Å². The first-order valence-electron chi connectivity index (χ1n) is 8.23. The molecule has 1 N–H and O–H groups in total. The van der Waals surface area contributed by atoms with Crippen LogP contribution in [0.5, 0.6) is 11.5 Å². The van der Waals surface area contributed by atoms with Crippen molar-refractivity contribution in [2.45, 2.75) is 13.0 Å². The topological polar surface area (TPSA) is 65.4 Å². The van der Waals surface area contributed by atoms with Gasteiger partial charge in [-0.15, -0.1) is 0 Å². The van der Waals surface area contributed by atoms with E-state index in [1.165, 1.54) is 7.11 Å². The molecule has 0 saturated heterocycles. The van der Waals surface area contributed by atoms with E-state index < -0.39 is 0 Å². The molecule has 1 heterocycles. The molecule has 6 nitrogen and oxygen atoms in total. The molecule has 134 valence electrons. The van der Waals surface area contributed by atoms with Gasteiger partial charge in [0.2, 0.25) is 0 Å². The quantitative estimate of drug-likeness (QED) is 0.739. The summed E-state index contributed by atoms with van der Waals surface area (Å²) in [5.41, 5.74) is 2.49. The van der Waals surface area contributed by atoms with E-state index in [0.29, 0.717) is 17.1 Å². The lowest BCUT2D eigenvalue weighted by Crippen LogP contribution is -2.27. The molecule has 0 aliphatic heterocycles. The molecule has 3 aromatic rings. The minimum atomic E-state index is -0.198. The third-order valence-electron chi connectivity index (χ3n) is 4.20. The van der Waals surface area contributed by atoms with E-state index in [0.717, 1.165) is 11.3 Å². The van der Waals surface area contributed by atoms with Crippen molar-refractivity contribution in [2.24, 2.45) is 0 Å². The zero-order chi connectivity index (χ0) is 18.5. The molecule has 2 aromatic carbocycles. The van der Waals surface area contributed by atoms with Crippen molar-refractivity contribution in [1.82, 2.24) is 14.9 Å². The monoisotopic (exact) mass is 351 g/mol. The fourth-order valence-corrected chi connectivity index (χ4v) is 2.69. The van der Waals surface area contributed by atoms with Gasteiger partial charge in [-0.25, -0.2) is 4.98 Å². The summed E-state index contributed by atoms with van der Waals surface area (Å²) in [6.07, 6.45) is 5.37. The van der Waals surface area contributed by atoms with E-state index >= 15 is 0 Å². The third-order valence-corrected chi connectivity index (χ3v) is 4.20. The SMILES string of the molecule is COc1ccc(C(=O)N[C@H](C)c2ccc(-n3ccnc3)cc2)c(OC)c1. The number of hydrogen-bond donors (Lipinski definition) is 1. The molecule has 0 fully saturated rings. The number of carbonyl (C=O) groups is 1. The Bertz CT molecular complexity index is 874. The highest BCUT2D eigenvalue weighted by atomic mass is 16.5. The minimum Gasteiger partial charge on any atom is -0.497 e. The summed E-state index contributed by atoms with van der Waals surface area (Å²) in [6, 6.07) is 13.0. The number of nitrogens with zero attached hydrogens (tertiary/aromatic N) is 2. The molecule has 0 saturated carbocycles. The second kappa shape index (κ2) is 7.74. The van der Waals surface area contributed by atoms with Gasteiger partial charge in [-0.2, -0.15) is 0 Å². The Balaban J connectivity index is 1.73. The zero-order valence-corrected chi connectivity index (χ0v) is 15.0. The van der Waals surface area contributed by atoms with Crippen LogP contribution in [0.25, 0.3) is 5.69 Å². The first-order chi connectivity index (χ1) is 12.6. The molecule has 1 aromatic heterocycles. The van der Waals surface area contributed by atoms with Gasteiger partial charge < -0.3 is 19.4 Å². The number of methoxy groups -OCH3 is 2. The van der Waals surface area contributed by atoms with Gasteiger partial charge in [0, 0.05) is 24.1 Å². The number of carbonyl (C=O) groups excluding carboxylic acids is 1. The number of hydrogen-bond acceptors (Lipinski definition) is 4. The van der Waals surface area contributed by atoms with Crippen LogP contribution in [-0.2, 0) is 0 Å². The maximum absolute atomic E-state index is 12.6. The molecule has 3 rings (SSSR count). The summed E-state index contributed by atoms with van der Waals surface area (Å²) in [4.78, 5) is 16.7. The molecule has 0 aliphatic rings. The Morgan fingerprint density at radius 2 is 1.88 bits per heavy atom. The molecule has 0 bridgehead atoms. The summed E-state index contributed by atoms with van der Waals surface area (Å²) in [6.45, 7) is 1.94. The highest BCUT2D eigenvalue weighted by Gasteiger charge is 2.16. The largest absolute Gasteiger partial charge is 0.497 e. The average molecular weight is 351 g/mol. The van der Waals surface area contributed by atoms with Gasteiger partial charge in [0.15, 0.2) is 0 Å². The van der Waals surface area contributed by atoms with Gasteiger partial charge in [-0.3, -0.25) is 4.79 Å². The number of ether oxygens (including phenoxy) is 2. The molecular formula is C20H21N3O3. The predicted octanol–water partition coefficient (Wildman–Crippen LogP) is 3.38. The number of nitrogens with one attached hydrogen (secondary N) is 1. The maximum Gasteiger partial charge on any atom is 0.255 e. The average Bonchev–Trinajstić information content (AvgIpc) is 3.22. The number of amides is 1. The van der Waals surface area contributed by atoms with Gasteiger partial charge in [-0.05, 0) is 36.8 Å². The van der Waals surface area contributed by atoms with E-state index in [4.69, 9.17) is 9.47 Å². The molecule has 26 heavy (non-hydrogen) atoms. The zero-order valence-electron chi connectivity index (χ0n) is 15.0. The summed E-state index contributed by atoms with van der Waals surface area (Å²) < 4.78 is 12.4. The number of imidazole rings is 1.